The number of aldehydes is 1. The van der Waals surface area contributed by atoms with Gasteiger partial charge in [0.2, 0.25) is 0 Å². The van der Waals surface area contributed by atoms with E-state index in [0.717, 1.165) is 12.4 Å². The summed E-state index contributed by atoms with van der Waals surface area (Å²) in [6.45, 7) is 2.73. The fraction of sp³-hybridized carbons (Fsp3) is 0.467. The lowest BCUT2D eigenvalue weighted by atomic mass is 10.2. The second-order valence-corrected chi connectivity index (χ2v) is 4.80. The standard InChI is InChI=1S/C11H12O5.C4H10ClN/c1-2-15-11(14)7-16-9-4-3-8(6-12)10(13)5-9;1-6(2)4-3-5/h3-6,13H,2,7H2,1H3;3-4H2,1-2H3. The van der Waals surface area contributed by atoms with Crippen molar-refractivity contribution in [3.05, 3.63) is 23.8 Å². The number of hydrogen-bond donors (Lipinski definition) is 1. The Hall–Kier alpha value is -1.79. The van der Waals surface area contributed by atoms with Crippen LogP contribution < -0.4 is 4.74 Å². The zero-order valence-electron chi connectivity index (χ0n) is 13.0. The quantitative estimate of drug-likeness (QED) is 0.467. The number of esters is 1. The summed E-state index contributed by atoms with van der Waals surface area (Å²) < 4.78 is 9.71. The molecule has 0 aliphatic rings. The fourth-order valence-electron chi connectivity index (χ4n) is 1.23. The Morgan fingerprint density at radius 1 is 1.41 bits per heavy atom. The summed E-state index contributed by atoms with van der Waals surface area (Å²) in [5.41, 5.74) is 0.170. The van der Waals surface area contributed by atoms with Crippen molar-refractivity contribution in [1.29, 1.82) is 0 Å². The number of nitrogens with zero attached hydrogens (tertiary/aromatic N) is 1. The number of benzene rings is 1. The molecule has 0 amide bonds. The topological polar surface area (TPSA) is 76.1 Å². The minimum Gasteiger partial charge on any atom is -0.507 e. The average Bonchev–Trinajstić information content (AvgIpc) is 2.46. The molecular formula is C15H22ClNO5. The number of carbonyl (C=O) groups is 2. The fourth-order valence-corrected chi connectivity index (χ4v) is 1.56. The maximum Gasteiger partial charge on any atom is 0.344 e. The van der Waals surface area contributed by atoms with Crippen LogP contribution in [0.4, 0.5) is 0 Å². The lowest BCUT2D eigenvalue weighted by molar-refractivity contribution is -0.145. The van der Waals surface area contributed by atoms with Crippen molar-refractivity contribution in [2.75, 3.05) is 39.7 Å². The minimum atomic E-state index is -0.485. The molecule has 0 aliphatic heterocycles. The van der Waals surface area contributed by atoms with Gasteiger partial charge in [-0.1, -0.05) is 0 Å². The Bertz CT molecular complexity index is 465. The maximum absolute atomic E-state index is 11.0. The van der Waals surface area contributed by atoms with Crippen molar-refractivity contribution >= 4 is 23.9 Å². The highest BCUT2D eigenvalue weighted by molar-refractivity contribution is 6.18. The van der Waals surface area contributed by atoms with Crippen LogP contribution in [0.5, 0.6) is 11.5 Å². The van der Waals surface area contributed by atoms with Gasteiger partial charge in [-0.2, -0.15) is 0 Å². The van der Waals surface area contributed by atoms with Crippen LogP contribution in [0.2, 0.25) is 0 Å². The first-order valence-corrected chi connectivity index (χ1v) is 7.25. The molecule has 0 saturated carbocycles. The zero-order valence-corrected chi connectivity index (χ0v) is 13.8. The van der Waals surface area contributed by atoms with Crippen LogP contribution in [0.3, 0.4) is 0 Å². The maximum atomic E-state index is 11.0. The molecule has 1 rings (SSSR count). The number of hydrogen-bond acceptors (Lipinski definition) is 6. The number of rotatable bonds is 7. The number of phenols is 1. The van der Waals surface area contributed by atoms with E-state index in [1.165, 1.54) is 18.2 Å². The molecule has 0 unspecified atom stereocenters. The zero-order chi connectivity index (χ0) is 17.0. The number of phenolic OH excluding ortho intramolecular Hbond substituents is 1. The number of aromatic hydroxyl groups is 1. The van der Waals surface area contributed by atoms with E-state index >= 15 is 0 Å². The minimum absolute atomic E-state index is 0.170. The molecule has 0 heterocycles. The third kappa shape index (κ3) is 9.20. The highest BCUT2D eigenvalue weighted by atomic mass is 35.5. The third-order valence-electron chi connectivity index (χ3n) is 2.32. The Morgan fingerprint density at radius 3 is 2.50 bits per heavy atom. The van der Waals surface area contributed by atoms with Crippen LogP contribution in [-0.2, 0) is 9.53 Å². The molecule has 124 valence electrons. The lowest BCUT2D eigenvalue weighted by Crippen LogP contribution is -2.14. The van der Waals surface area contributed by atoms with Crippen LogP contribution in [0.1, 0.15) is 17.3 Å². The van der Waals surface area contributed by atoms with Crippen molar-refractivity contribution in [2.24, 2.45) is 0 Å². The molecule has 0 saturated heterocycles. The SMILES string of the molecule is CCOC(=O)COc1ccc(C=O)c(O)c1.CN(C)CCCl. The molecule has 1 aromatic carbocycles. The Labute approximate surface area is 135 Å². The lowest BCUT2D eigenvalue weighted by Gasteiger charge is -2.06. The van der Waals surface area contributed by atoms with Gasteiger partial charge in [0.1, 0.15) is 11.5 Å². The summed E-state index contributed by atoms with van der Waals surface area (Å²) in [7, 11) is 4.00. The van der Waals surface area contributed by atoms with Crippen LogP contribution in [0.15, 0.2) is 18.2 Å². The van der Waals surface area contributed by atoms with Crippen molar-refractivity contribution in [3.63, 3.8) is 0 Å². The first kappa shape index (κ1) is 20.2. The molecule has 0 aliphatic carbocycles. The van der Waals surface area contributed by atoms with Crippen LogP contribution in [0.25, 0.3) is 0 Å². The summed E-state index contributed by atoms with van der Waals surface area (Å²) in [4.78, 5) is 23.4. The first-order valence-electron chi connectivity index (χ1n) is 6.71. The van der Waals surface area contributed by atoms with Crippen LogP contribution in [-0.4, -0.2) is 62.0 Å². The second-order valence-electron chi connectivity index (χ2n) is 4.42. The van der Waals surface area contributed by atoms with Crippen molar-refractivity contribution < 1.29 is 24.2 Å². The molecule has 22 heavy (non-hydrogen) atoms. The molecule has 1 N–H and O–H groups in total. The number of alkyl halides is 1. The predicted octanol–water partition coefficient (Wildman–Crippen LogP) is 1.93. The van der Waals surface area contributed by atoms with Gasteiger partial charge in [0, 0.05) is 18.5 Å². The van der Waals surface area contributed by atoms with E-state index < -0.39 is 5.97 Å². The molecule has 1 aromatic rings. The molecule has 0 radical (unpaired) electrons. The van der Waals surface area contributed by atoms with E-state index in [9.17, 15) is 14.7 Å². The van der Waals surface area contributed by atoms with Gasteiger partial charge in [0.25, 0.3) is 0 Å². The van der Waals surface area contributed by atoms with Crippen molar-refractivity contribution in [1.82, 2.24) is 4.90 Å². The van der Waals surface area contributed by atoms with Crippen LogP contribution in [0, 0.1) is 0 Å². The third-order valence-corrected chi connectivity index (χ3v) is 2.49. The normalized spacial score (nSPS) is 9.68. The van der Waals surface area contributed by atoms with Gasteiger partial charge in [-0.05, 0) is 33.2 Å². The van der Waals surface area contributed by atoms with E-state index in [2.05, 4.69) is 4.74 Å². The Balaban J connectivity index is 0.000000626. The number of carbonyl (C=O) groups excluding carboxylic acids is 2. The van der Waals surface area contributed by atoms with Crippen molar-refractivity contribution in [3.8, 4) is 11.5 Å². The Morgan fingerprint density at radius 2 is 2.09 bits per heavy atom. The van der Waals surface area contributed by atoms with Gasteiger partial charge in [0.15, 0.2) is 12.9 Å². The van der Waals surface area contributed by atoms with Gasteiger partial charge in [-0.25, -0.2) is 4.79 Å². The molecular weight excluding hydrogens is 310 g/mol. The van der Waals surface area contributed by atoms with Crippen LogP contribution >= 0.6 is 11.6 Å². The smallest absolute Gasteiger partial charge is 0.344 e. The summed E-state index contributed by atoms with van der Waals surface area (Å²) >= 11 is 5.35. The van der Waals surface area contributed by atoms with Gasteiger partial charge in [0.05, 0.1) is 12.2 Å². The molecule has 7 heteroatoms. The summed E-state index contributed by atoms with van der Waals surface area (Å²) in [6.07, 6.45) is 0.532. The Kier molecular flexibility index (Phi) is 10.9. The largest absolute Gasteiger partial charge is 0.507 e. The summed E-state index contributed by atoms with van der Waals surface area (Å²) in [5.74, 6) is 0.362. The van der Waals surface area contributed by atoms with E-state index in [1.54, 1.807) is 6.92 Å². The molecule has 0 bridgehead atoms. The van der Waals surface area contributed by atoms with Crippen molar-refractivity contribution in [2.45, 2.75) is 6.92 Å². The van der Waals surface area contributed by atoms with E-state index in [1.807, 2.05) is 19.0 Å². The molecule has 0 aromatic heterocycles. The monoisotopic (exact) mass is 331 g/mol. The van der Waals surface area contributed by atoms with Gasteiger partial charge in [-0.3, -0.25) is 4.79 Å². The average molecular weight is 332 g/mol. The second kappa shape index (κ2) is 11.8. The van der Waals surface area contributed by atoms with E-state index in [-0.39, 0.29) is 24.5 Å². The predicted molar refractivity (Wildman–Crippen MR) is 84.9 cm³/mol. The van der Waals surface area contributed by atoms with Gasteiger partial charge < -0.3 is 19.5 Å². The number of halogens is 1. The van der Waals surface area contributed by atoms with Gasteiger partial charge in [-0.15, -0.1) is 11.6 Å². The molecule has 0 spiro atoms. The summed E-state index contributed by atoms with van der Waals surface area (Å²) in [5, 5.41) is 9.33. The van der Waals surface area contributed by atoms with Gasteiger partial charge >= 0.3 is 5.97 Å². The molecule has 6 nitrogen and oxygen atoms in total. The highest BCUT2D eigenvalue weighted by Gasteiger charge is 2.05. The molecule has 0 fully saturated rings. The van der Waals surface area contributed by atoms with E-state index in [0.29, 0.717) is 12.0 Å². The van der Waals surface area contributed by atoms with E-state index in [4.69, 9.17) is 16.3 Å². The summed E-state index contributed by atoms with van der Waals surface area (Å²) in [6, 6.07) is 4.16. The first-order chi connectivity index (χ1) is 10.4. The number of ether oxygens (including phenoxy) is 2. The highest BCUT2D eigenvalue weighted by Crippen LogP contribution is 2.21. The molecule has 0 atom stereocenters.